The first-order valence-corrected chi connectivity index (χ1v) is 5.20. The van der Waals surface area contributed by atoms with Gasteiger partial charge in [-0.25, -0.2) is 0 Å². The average Bonchev–Trinajstić information content (AvgIpc) is 1.99. The highest BCUT2D eigenvalue weighted by Crippen LogP contribution is 2.24. The Morgan fingerprint density at radius 1 is 1.46 bits per heavy atom. The molecule has 0 aliphatic heterocycles. The van der Waals surface area contributed by atoms with Crippen LogP contribution >= 0.6 is 11.6 Å². The summed E-state index contributed by atoms with van der Waals surface area (Å²) < 4.78 is 5.13. The molecular formula is C10H19ClO2. The van der Waals surface area contributed by atoms with Gasteiger partial charge in [-0.2, -0.15) is 0 Å². The van der Waals surface area contributed by atoms with E-state index in [0.717, 1.165) is 12.8 Å². The van der Waals surface area contributed by atoms with Gasteiger partial charge in [0.15, 0.2) is 0 Å². The zero-order valence-electron chi connectivity index (χ0n) is 8.89. The standard InChI is InChI=1S/C10H19ClO2/c1-8(2)13-9(12)10(3,4)6-5-7-11/h8H,5-7H2,1-4H3. The van der Waals surface area contributed by atoms with Gasteiger partial charge in [0, 0.05) is 5.88 Å². The smallest absolute Gasteiger partial charge is 0.311 e. The second-order valence-electron chi connectivity index (χ2n) is 4.13. The largest absolute Gasteiger partial charge is 0.463 e. The lowest BCUT2D eigenvalue weighted by molar-refractivity contribution is -0.158. The van der Waals surface area contributed by atoms with E-state index in [9.17, 15) is 4.79 Å². The molecule has 0 radical (unpaired) electrons. The number of carbonyl (C=O) groups is 1. The van der Waals surface area contributed by atoms with Crippen LogP contribution in [-0.4, -0.2) is 18.0 Å². The fourth-order valence-electron chi connectivity index (χ4n) is 0.984. The lowest BCUT2D eigenvalue weighted by Crippen LogP contribution is -2.28. The number of hydrogen-bond donors (Lipinski definition) is 0. The third-order valence-electron chi connectivity index (χ3n) is 1.83. The Bertz CT molecular complexity index is 164. The van der Waals surface area contributed by atoms with Crippen LogP contribution in [0.2, 0.25) is 0 Å². The van der Waals surface area contributed by atoms with Crippen molar-refractivity contribution >= 4 is 17.6 Å². The molecule has 0 aromatic rings. The first-order valence-electron chi connectivity index (χ1n) is 4.67. The van der Waals surface area contributed by atoms with E-state index in [4.69, 9.17) is 16.3 Å². The molecule has 0 saturated carbocycles. The maximum atomic E-state index is 11.5. The van der Waals surface area contributed by atoms with Crippen molar-refractivity contribution in [2.45, 2.75) is 46.6 Å². The minimum atomic E-state index is -0.404. The van der Waals surface area contributed by atoms with E-state index in [1.54, 1.807) is 0 Å². The van der Waals surface area contributed by atoms with Gasteiger partial charge in [0.2, 0.25) is 0 Å². The predicted octanol–water partition coefficient (Wildman–Crippen LogP) is 2.98. The van der Waals surface area contributed by atoms with Gasteiger partial charge in [-0.3, -0.25) is 4.79 Å². The van der Waals surface area contributed by atoms with E-state index in [0.29, 0.717) is 5.88 Å². The number of rotatable bonds is 5. The van der Waals surface area contributed by atoms with E-state index in [-0.39, 0.29) is 12.1 Å². The first kappa shape index (κ1) is 12.8. The molecule has 0 rings (SSSR count). The van der Waals surface area contributed by atoms with Crippen LogP contribution in [0.3, 0.4) is 0 Å². The van der Waals surface area contributed by atoms with Crippen molar-refractivity contribution in [1.29, 1.82) is 0 Å². The number of ether oxygens (including phenoxy) is 1. The monoisotopic (exact) mass is 206 g/mol. The number of hydrogen-bond acceptors (Lipinski definition) is 2. The highest BCUT2D eigenvalue weighted by molar-refractivity contribution is 6.17. The lowest BCUT2D eigenvalue weighted by Gasteiger charge is -2.23. The molecule has 0 aliphatic carbocycles. The topological polar surface area (TPSA) is 26.3 Å². The fourth-order valence-corrected chi connectivity index (χ4v) is 1.12. The Morgan fingerprint density at radius 3 is 2.38 bits per heavy atom. The van der Waals surface area contributed by atoms with Crippen molar-refractivity contribution < 1.29 is 9.53 Å². The van der Waals surface area contributed by atoms with Crippen molar-refractivity contribution in [3.8, 4) is 0 Å². The predicted molar refractivity (Wildman–Crippen MR) is 55.0 cm³/mol. The molecule has 0 fully saturated rings. The van der Waals surface area contributed by atoms with Crippen LogP contribution in [0.5, 0.6) is 0 Å². The van der Waals surface area contributed by atoms with Crippen LogP contribution in [0.25, 0.3) is 0 Å². The van der Waals surface area contributed by atoms with Gasteiger partial charge in [0.25, 0.3) is 0 Å². The second-order valence-corrected chi connectivity index (χ2v) is 4.51. The second kappa shape index (κ2) is 5.48. The molecule has 0 aromatic carbocycles. The van der Waals surface area contributed by atoms with Crippen molar-refractivity contribution in [2.75, 3.05) is 5.88 Å². The van der Waals surface area contributed by atoms with Gasteiger partial charge in [0.05, 0.1) is 11.5 Å². The highest BCUT2D eigenvalue weighted by Gasteiger charge is 2.29. The Morgan fingerprint density at radius 2 is 2.00 bits per heavy atom. The van der Waals surface area contributed by atoms with Crippen molar-refractivity contribution in [3.05, 3.63) is 0 Å². The highest BCUT2D eigenvalue weighted by atomic mass is 35.5. The summed E-state index contributed by atoms with van der Waals surface area (Å²) in [6.45, 7) is 7.50. The van der Waals surface area contributed by atoms with E-state index in [1.807, 2.05) is 27.7 Å². The molecule has 0 aromatic heterocycles. The number of alkyl halides is 1. The molecule has 0 saturated heterocycles. The zero-order chi connectivity index (χ0) is 10.5. The summed E-state index contributed by atoms with van der Waals surface area (Å²) in [7, 11) is 0. The van der Waals surface area contributed by atoms with Crippen molar-refractivity contribution in [1.82, 2.24) is 0 Å². The molecule has 13 heavy (non-hydrogen) atoms. The SMILES string of the molecule is CC(C)OC(=O)C(C)(C)CCCCl. The van der Waals surface area contributed by atoms with Gasteiger partial charge in [-0.1, -0.05) is 0 Å². The van der Waals surface area contributed by atoms with Crippen LogP contribution < -0.4 is 0 Å². The fraction of sp³-hybridized carbons (Fsp3) is 0.900. The molecule has 0 N–H and O–H groups in total. The molecule has 2 nitrogen and oxygen atoms in total. The zero-order valence-corrected chi connectivity index (χ0v) is 9.65. The third-order valence-corrected chi connectivity index (χ3v) is 2.10. The average molecular weight is 207 g/mol. The quantitative estimate of drug-likeness (QED) is 0.511. The molecule has 0 spiro atoms. The van der Waals surface area contributed by atoms with Crippen LogP contribution in [0.4, 0.5) is 0 Å². The van der Waals surface area contributed by atoms with Crippen molar-refractivity contribution in [2.24, 2.45) is 5.41 Å². The Balaban J connectivity index is 4.03. The van der Waals surface area contributed by atoms with Gasteiger partial charge >= 0.3 is 5.97 Å². The molecule has 0 aliphatic rings. The van der Waals surface area contributed by atoms with E-state index in [1.165, 1.54) is 0 Å². The first-order chi connectivity index (χ1) is 5.90. The summed E-state index contributed by atoms with van der Waals surface area (Å²) in [5, 5.41) is 0. The molecule has 78 valence electrons. The van der Waals surface area contributed by atoms with Crippen LogP contribution in [0, 0.1) is 5.41 Å². The minimum Gasteiger partial charge on any atom is -0.463 e. The summed E-state index contributed by atoms with van der Waals surface area (Å²) in [6.07, 6.45) is 1.59. The third kappa shape index (κ3) is 5.14. The number of carbonyl (C=O) groups excluding carboxylic acids is 1. The molecule has 3 heteroatoms. The number of halogens is 1. The maximum absolute atomic E-state index is 11.5. The van der Waals surface area contributed by atoms with Crippen LogP contribution in [0.15, 0.2) is 0 Å². The summed E-state index contributed by atoms with van der Waals surface area (Å²) in [4.78, 5) is 11.5. The number of esters is 1. The molecule has 0 bridgehead atoms. The summed E-state index contributed by atoms with van der Waals surface area (Å²) in [5.74, 6) is 0.464. The summed E-state index contributed by atoms with van der Waals surface area (Å²) in [5.41, 5.74) is -0.404. The van der Waals surface area contributed by atoms with Crippen LogP contribution in [-0.2, 0) is 9.53 Å². The maximum Gasteiger partial charge on any atom is 0.311 e. The molecule has 0 unspecified atom stereocenters. The molecule has 0 heterocycles. The van der Waals surface area contributed by atoms with Gasteiger partial charge in [-0.05, 0) is 40.5 Å². The van der Waals surface area contributed by atoms with E-state index >= 15 is 0 Å². The van der Waals surface area contributed by atoms with Gasteiger partial charge < -0.3 is 4.74 Å². The van der Waals surface area contributed by atoms with Crippen molar-refractivity contribution in [3.63, 3.8) is 0 Å². The molecule has 0 atom stereocenters. The van der Waals surface area contributed by atoms with E-state index < -0.39 is 5.41 Å². The van der Waals surface area contributed by atoms with Gasteiger partial charge in [-0.15, -0.1) is 11.6 Å². The molecule has 0 amide bonds. The normalized spacial score (nSPS) is 11.8. The van der Waals surface area contributed by atoms with Crippen LogP contribution in [0.1, 0.15) is 40.5 Å². The van der Waals surface area contributed by atoms with E-state index in [2.05, 4.69) is 0 Å². The van der Waals surface area contributed by atoms with Gasteiger partial charge in [0.1, 0.15) is 0 Å². The Labute approximate surface area is 85.6 Å². The summed E-state index contributed by atoms with van der Waals surface area (Å²) in [6, 6.07) is 0. The minimum absolute atomic E-state index is 0.0391. The molecular weight excluding hydrogens is 188 g/mol. The lowest BCUT2D eigenvalue weighted by atomic mass is 9.88. The Hall–Kier alpha value is -0.240. The summed E-state index contributed by atoms with van der Waals surface area (Å²) >= 11 is 5.57. The Kier molecular flexibility index (Phi) is 5.38.